The normalized spacial score (nSPS) is 22.0. The molecule has 116 valence electrons. The van der Waals surface area contributed by atoms with Crippen molar-refractivity contribution in [3.8, 4) is 5.75 Å². The molecule has 0 aromatic heterocycles. The van der Waals surface area contributed by atoms with E-state index in [1.807, 2.05) is 0 Å². The summed E-state index contributed by atoms with van der Waals surface area (Å²) < 4.78 is 5.55. The molecule has 1 aromatic rings. The number of aryl methyl sites for hydroxylation is 1. The van der Waals surface area contributed by atoms with Crippen molar-refractivity contribution in [1.29, 1.82) is 0 Å². The summed E-state index contributed by atoms with van der Waals surface area (Å²) in [4.78, 5) is 2.64. The molecule has 0 radical (unpaired) electrons. The molecule has 1 unspecified atom stereocenters. The van der Waals surface area contributed by atoms with Crippen molar-refractivity contribution in [2.45, 2.75) is 45.2 Å². The number of hydrogen-bond donors (Lipinski definition) is 1. The van der Waals surface area contributed by atoms with Crippen molar-refractivity contribution in [2.24, 2.45) is 5.92 Å². The van der Waals surface area contributed by atoms with E-state index in [4.69, 9.17) is 4.74 Å². The maximum absolute atomic E-state index is 5.55. The van der Waals surface area contributed by atoms with Crippen LogP contribution in [-0.4, -0.2) is 37.7 Å². The van der Waals surface area contributed by atoms with Crippen molar-refractivity contribution in [1.82, 2.24) is 10.2 Å². The second-order valence-electron chi connectivity index (χ2n) is 6.75. The predicted molar refractivity (Wildman–Crippen MR) is 86.8 cm³/mol. The van der Waals surface area contributed by atoms with Crippen molar-refractivity contribution in [2.75, 3.05) is 26.7 Å². The molecule has 1 aliphatic heterocycles. The lowest BCUT2D eigenvalue weighted by atomic mass is 10.1. The van der Waals surface area contributed by atoms with Crippen LogP contribution in [0.3, 0.4) is 0 Å². The maximum atomic E-state index is 5.55. The van der Waals surface area contributed by atoms with E-state index >= 15 is 0 Å². The minimum absolute atomic E-state index is 0.680. The molecule has 21 heavy (non-hydrogen) atoms. The van der Waals surface area contributed by atoms with E-state index in [0.717, 1.165) is 18.2 Å². The van der Waals surface area contributed by atoms with Crippen molar-refractivity contribution in [3.63, 3.8) is 0 Å². The number of nitrogens with zero attached hydrogens (tertiary/aromatic N) is 1. The van der Waals surface area contributed by atoms with Crippen LogP contribution >= 0.6 is 0 Å². The van der Waals surface area contributed by atoms with Gasteiger partial charge in [0, 0.05) is 31.2 Å². The minimum atomic E-state index is 0.680. The zero-order valence-corrected chi connectivity index (χ0v) is 13.4. The highest BCUT2D eigenvalue weighted by atomic mass is 16.5. The lowest BCUT2D eigenvalue weighted by Gasteiger charge is -2.26. The van der Waals surface area contributed by atoms with Gasteiger partial charge in [0.2, 0.25) is 0 Å². The van der Waals surface area contributed by atoms with Crippen LogP contribution in [0, 0.1) is 12.8 Å². The van der Waals surface area contributed by atoms with Gasteiger partial charge >= 0.3 is 0 Å². The fraction of sp³-hybridized carbons (Fsp3) is 0.667. The molecule has 2 aliphatic rings. The van der Waals surface area contributed by atoms with Crippen LogP contribution in [0.5, 0.6) is 5.75 Å². The summed E-state index contributed by atoms with van der Waals surface area (Å²) >= 11 is 0. The molecule has 1 saturated carbocycles. The Hall–Kier alpha value is -1.06. The number of rotatable bonds is 7. The summed E-state index contributed by atoms with van der Waals surface area (Å²) in [6.07, 6.45) is 5.49. The third-order valence-electron chi connectivity index (χ3n) is 4.68. The molecule has 1 N–H and O–H groups in total. The van der Waals surface area contributed by atoms with E-state index in [9.17, 15) is 0 Å². The molecule has 0 amide bonds. The third kappa shape index (κ3) is 4.21. The van der Waals surface area contributed by atoms with E-state index in [0.29, 0.717) is 6.04 Å². The molecule has 3 rings (SSSR count). The molecule has 3 nitrogen and oxygen atoms in total. The van der Waals surface area contributed by atoms with Crippen LogP contribution < -0.4 is 10.1 Å². The monoisotopic (exact) mass is 288 g/mol. The number of hydrogen-bond acceptors (Lipinski definition) is 3. The Bertz CT molecular complexity index is 464. The number of methoxy groups -OCH3 is 1. The fourth-order valence-corrected chi connectivity index (χ4v) is 3.37. The Balaban J connectivity index is 1.68. The van der Waals surface area contributed by atoms with Crippen LogP contribution in [0.15, 0.2) is 18.2 Å². The van der Waals surface area contributed by atoms with E-state index in [1.165, 1.54) is 56.4 Å². The summed E-state index contributed by atoms with van der Waals surface area (Å²) in [7, 11) is 1.78. The standard InChI is InChI=1S/C18H28N2O/c1-14-5-8-18(21-2)16(10-14)12-20(11-15-6-7-15)13-17-4-3-9-19-17/h5,8,10,15,17,19H,3-4,6-7,9,11-13H2,1-2H3. The Morgan fingerprint density at radius 2 is 2.10 bits per heavy atom. The summed E-state index contributed by atoms with van der Waals surface area (Å²) in [6.45, 7) is 6.78. The highest BCUT2D eigenvalue weighted by molar-refractivity contribution is 5.36. The highest BCUT2D eigenvalue weighted by Crippen LogP contribution is 2.31. The van der Waals surface area contributed by atoms with Crippen molar-refractivity contribution >= 4 is 0 Å². The minimum Gasteiger partial charge on any atom is -0.496 e. The second kappa shape index (κ2) is 6.80. The quantitative estimate of drug-likeness (QED) is 0.835. The SMILES string of the molecule is COc1ccc(C)cc1CN(CC1CC1)CC1CCCN1. The Morgan fingerprint density at radius 1 is 1.24 bits per heavy atom. The van der Waals surface area contributed by atoms with Crippen molar-refractivity contribution < 1.29 is 4.74 Å². The first-order chi connectivity index (χ1) is 10.2. The second-order valence-corrected chi connectivity index (χ2v) is 6.75. The van der Waals surface area contributed by atoms with Gasteiger partial charge in [0.1, 0.15) is 5.75 Å². The van der Waals surface area contributed by atoms with E-state index in [1.54, 1.807) is 7.11 Å². The molecular formula is C18H28N2O. The fourth-order valence-electron chi connectivity index (χ4n) is 3.37. The largest absolute Gasteiger partial charge is 0.496 e. The third-order valence-corrected chi connectivity index (χ3v) is 4.68. The molecular weight excluding hydrogens is 260 g/mol. The van der Waals surface area contributed by atoms with Gasteiger partial charge in [-0.3, -0.25) is 4.90 Å². The van der Waals surface area contributed by atoms with Gasteiger partial charge in [0.15, 0.2) is 0 Å². The van der Waals surface area contributed by atoms with Crippen LogP contribution in [0.2, 0.25) is 0 Å². The molecule has 2 fully saturated rings. The molecule has 0 bridgehead atoms. The predicted octanol–water partition coefficient (Wildman–Crippen LogP) is 2.97. The van der Waals surface area contributed by atoms with Crippen LogP contribution in [0.4, 0.5) is 0 Å². The van der Waals surface area contributed by atoms with Crippen molar-refractivity contribution in [3.05, 3.63) is 29.3 Å². The summed E-state index contributed by atoms with van der Waals surface area (Å²) in [6, 6.07) is 7.19. The first-order valence-electron chi connectivity index (χ1n) is 8.34. The van der Waals surface area contributed by atoms with Gasteiger partial charge in [-0.2, -0.15) is 0 Å². The van der Waals surface area contributed by atoms with Gasteiger partial charge in [0.05, 0.1) is 7.11 Å². The van der Waals surface area contributed by atoms with Gasteiger partial charge in [-0.15, -0.1) is 0 Å². The maximum Gasteiger partial charge on any atom is 0.123 e. The smallest absolute Gasteiger partial charge is 0.123 e. The molecule has 3 heteroatoms. The van der Waals surface area contributed by atoms with E-state index < -0.39 is 0 Å². The topological polar surface area (TPSA) is 24.5 Å². The lowest BCUT2D eigenvalue weighted by Crippen LogP contribution is -2.38. The average Bonchev–Trinajstić information content (AvgIpc) is 3.12. The van der Waals surface area contributed by atoms with Gasteiger partial charge in [0.25, 0.3) is 0 Å². The van der Waals surface area contributed by atoms with Crippen LogP contribution in [-0.2, 0) is 6.54 Å². The Morgan fingerprint density at radius 3 is 2.76 bits per heavy atom. The zero-order chi connectivity index (χ0) is 14.7. The first kappa shape index (κ1) is 14.9. The zero-order valence-electron chi connectivity index (χ0n) is 13.4. The molecule has 1 aromatic carbocycles. The van der Waals surface area contributed by atoms with Gasteiger partial charge in [-0.05, 0) is 51.1 Å². The van der Waals surface area contributed by atoms with E-state index in [2.05, 4.69) is 35.3 Å². The summed E-state index contributed by atoms with van der Waals surface area (Å²) in [5, 5.41) is 3.63. The Kier molecular flexibility index (Phi) is 4.81. The molecule has 0 spiro atoms. The highest BCUT2D eigenvalue weighted by Gasteiger charge is 2.27. The van der Waals surface area contributed by atoms with Gasteiger partial charge in [-0.25, -0.2) is 0 Å². The number of benzene rings is 1. The first-order valence-corrected chi connectivity index (χ1v) is 8.34. The van der Waals surface area contributed by atoms with Gasteiger partial charge < -0.3 is 10.1 Å². The average molecular weight is 288 g/mol. The number of nitrogens with one attached hydrogen (secondary N) is 1. The Labute approximate surface area is 128 Å². The van der Waals surface area contributed by atoms with E-state index in [-0.39, 0.29) is 0 Å². The lowest BCUT2D eigenvalue weighted by molar-refractivity contribution is 0.228. The summed E-state index contributed by atoms with van der Waals surface area (Å²) in [5.41, 5.74) is 2.65. The van der Waals surface area contributed by atoms with Crippen LogP contribution in [0.1, 0.15) is 36.8 Å². The molecule has 1 saturated heterocycles. The molecule has 1 heterocycles. The summed E-state index contributed by atoms with van der Waals surface area (Å²) in [5.74, 6) is 1.96. The van der Waals surface area contributed by atoms with Crippen LogP contribution in [0.25, 0.3) is 0 Å². The molecule has 1 atom stereocenters. The number of ether oxygens (including phenoxy) is 1. The molecule has 1 aliphatic carbocycles. The van der Waals surface area contributed by atoms with Gasteiger partial charge in [-0.1, -0.05) is 17.7 Å².